The number of ketones is 1. The fourth-order valence-electron chi connectivity index (χ4n) is 7.91. The molecule has 0 amide bonds. The van der Waals surface area contributed by atoms with Gasteiger partial charge in [-0.25, -0.2) is 14.0 Å². The van der Waals surface area contributed by atoms with E-state index in [1.807, 2.05) is 0 Å². The molecule has 1 unspecified atom stereocenters. The number of Topliss-reactive ketones (excluding diaryl/α,β-unsaturated/α-hetero) is 1. The molecule has 0 saturated heterocycles. The summed E-state index contributed by atoms with van der Waals surface area (Å²) in [5.41, 5.74) is 1.89. The summed E-state index contributed by atoms with van der Waals surface area (Å²) < 4.78 is 117. The van der Waals surface area contributed by atoms with Crippen molar-refractivity contribution in [2.45, 2.75) is 53.3 Å². The number of ether oxygens (including phenoxy) is 4. The first-order valence-electron chi connectivity index (χ1n) is 26.5. The van der Waals surface area contributed by atoms with Gasteiger partial charge < -0.3 is 43.1 Å². The Bertz CT molecular complexity index is 4010. The van der Waals surface area contributed by atoms with Crippen LogP contribution in [0.4, 0.5) is 30.7 Å². The van der Waals surface area contributed by atoms with Crippen molar-refractivity contribution >= 4 is 46.6 Å². The standard InChI is InChI=1S/C21H16ClFN4O5.C20H19F3N4O3.C20H19F3N2O3.CH4/c1-28-26-18(21-27-30-11-10-29-21)13-6-2-4-8-15(13)31-19-17(23)20(25-12-24-19)32-16-9-5-3-7-14(16)22;1-13(14-8-6-9-16(11-14)20(21,22)23)25-30-12-15-7-4-5-10-17(15)27-18(29-3)24-26(2)19(27)28;1-13(26)19(25-27-3)18-10-5-4-7-16(18)12-24-28-14(2)15-8-6-9-17(11-15)20(21,22)23;/h2-9,12H,10-11H2,1H3;4-11H,12H2,1-3H3;4-12,14H,1-3H3;1H4/b26-18+;25-13+;24-12+,25-19-;. The number of hydrogen-bond acceptors (Lipinski definition) is 19. The Morgan fingerprint density at radius 3 is 2.01 bits per heavy atom. The fourth-order valence-corrected chi connectivity index (χ4v) is 8.09. The molecule has 3 heterocycles. The molecule has 1 aliphatic heterocycles. The summed E-state index contributed by atoms with van der Waals surface area (Å²) in [5, 5.41) is 23.6. The van der Waals surface area contributed by atoms with Gasteiger partial charge in [-0.05, 0) is 84.7 Å². The number of halogens is 8. The van der Waals surface area contributed by atoms with Crippen LogP contribution in [0.2, 0.25) is 5.02 Å². The maximum atomic E-state index is 15.1. The lowest BCUT2D eigenvalue weighted by atomic mass is 10.0. The highest BCUT2D eigenvalue weighted by Crippen LogP contribution is 2.35. The second-order valence-electron chi connectivity index (χ2n) is 18.4. The van der Waals surface area contributed by atoms with Crippen molar-refractivity contribution in [2.75, 3.05) is 34.5 Å². The normalized spacial score (nSPS) is 12.9. The number of carbonyl (C=O) groups is 1. The molecule has 0 saturated carbocycles. The van der Waals surface area contributed by atoms with Crippen LogP contribution in [0.5, 0.6) is 29.3 Å². The van der Waals surface area contributed by atoms with Crippen molar-refractivity contribution in [3.63, 3.8) is 0 Å². The van der Waals surface area contributed by atoms with Crippen LogP contribution in [0.25, 0.3) is 5.69 Å². The number of methoxy groups -OCH3 is 1. The second-order valence-corrected chi connectivity index (χ2v) is 18.8. The summed E-state index contributed by atoms with van der Waals surface area (Å²) in [7, 11) is 5.61. The van der Waals surface area contributed by atoms with E-state index in [4.69, 9.17) is 54.7 Å². The van der Waals surface area contributed by atoms with Gasteiger partial charge >= 0.3 is 24.1 Å². The van der Waals surface area contributed by atoms with E-state index in [9.17, 15) is 35.9 Å². The molecule has 478 valence electrons. The maximum absolute atomic E-state index is 15.1. The van der Waals surface area contributed by atoms with Crippen molar-refractivity contribution in [3.8, 4) is 35.0 Å². The van der Waals surface area contributed by atoms with Gasteiger partial charge in [0.15, 0.2) is 23.8 Å². The summed E-state index contributed by atoms with van der Waals surface area (Å²) in [6.07, 6.45) is -7.09. The van der Waals surface area contributed by atoms with E-state index < -0.39 is 41.1 Å². The highest BCUT2D eigenvalue weighted by molar-refractivity contribution is 6.46. The van der Waals surface area contributed by atoms with Gasteiger partial charge in [-0.2, -0.15) is 40.7 Å². The molecule has 0 spiro atoms. The summed E-state index contributed by atoms with van der Waals surface area (Å²) in [4.78, 5) is 57.3. The first-order valence-corrected chi connectivity index (χ1v) is 26.9. The Kier molecular flexibility index (Phi) is 24.8. The largest absolute Gasteiger partial charge is 0.470 e. The smallest absolute Gasteiger partial charge is 0.416 e. The molecule has 8 aromatic rings. The van der Waals surface area contributed by atoms with Crippen molar-refractivity contribution < 1.29 is 78.7 Å². The average Bonchev–Trinajstić information content (AvgIpc) is 1.98. The van der Waals surface area contributed by atoms with Crippen LogP contribution < -0.4 is 19.9 Å². The number of alkyl halides is 6. The van der Waals surface area contributed by atoms with E-state index in [-0.39, 0.29) is 78.7 Å². The Labute approximate surface area is 521 Å². The van der Waals surface area contributed by atoms with E-state index in [0.29, 0.717) is 50.7 Å². The molecule has 1 aliphatic rings. The van der Waals surface area contributed by atoms with Crippen LogP contribution in [0.1, 0.15) is 78.8 Å². The van der Waals surface area contributed by atoms with Crippen LogP contribution in [-0.4, -0.2) is 93.9 Å². The number of benzene rings is 6. The molecule has 0 N–H and O–H groups in total. The Morgan fingerprint density at radius 2 is 1.36 bits per heavy atom. The molecular formula is C62H58ClF7N10O11. The van der Waals surface area contributed by atoms with Crippen molar-refractivity contribution in [1.82, 2.24) is 24.3 Å². The Morgan fingerprint density at radius 1 is 0.747 bits per heavy atom. The highest BCUT2D eigenvalue weighted by Gasteiger charge is 2.32. The summed E-state index contributed by atoms with van der Waals surface area (Å²) in [5.74, 6) is -1.38. The third kappa shape index (κ3) is 18.7. The summed E-state index contributed by atoms with van der Waals surface area (Å²) in [6, 6.07) is 36.9. The highest BCUT2D eigenvalue weighted by atomic mass is 35.5. The molecule has 1 atom stereocenters. The lowest BCUT2D eigenvalue weighted by Crippen LogP contribution is -2.25. The molecule has 21 nitrogen and oxygen atoms in total. The number of aryl methyl sites for hydroxylation is 1. The van der Waals surface area contributed by atoms with E-state index in [2.05, 4.69) is 40.8 Å². The molecule has 91 heavy (non-hydrogen) atoms. The van der Waals surface area contributed by atoms with Crippen molar-refractivity contribution in [2.24, 2.45) is 32.8 Å². The van der Waals surface area contributed by atoms with Gasteiger partial charge in [-0.3, -0.25) is 4.79 Å². The first kappa shape index (κ1) is 69.5. The monoisotopic (exact) mass is 1290 g/mol. The zero-order chi connectivity index (χ0) is 65.0. The third-order valence-electron chi connectivity index (χ3n) is 12.2. The van der Waals surface area contributed by atoms with Crippen molar-refractivity contribution in [3.05, 3.63) is 218 Å². The predicted octanol–water partition coefficient (Wildman–Crippen LogP) is 13.5. The third-order valence-corrected chi connectivity index (χ3v) is 12.5. The lowest BCUT2D eigenvalue weighted by molar-refractivity contribution is -0.138. The average molecular weight is 1290 g/mol. The molecule has 9 rings (SSSR count). The number of oxime groups is 5. The van der Waals surface area contributed by atoms with E-state index in [1.54, 1.807) is 111 Å². The minimum Gasteiger partial charge on any atom is -0.470 e. The molecule has 6 aromatic carbocycles. The molecule has 29 heteroatoms. The molecular weight excluding hydrogens is 1230 g/mol. The van der Waals surface area contributed by atoms with Gasteiger partial charge in [0.2, 0.25) is 5.82 Å². The van der Waals surface area contributed by atoms with Gasteiger partial charge in [-0.1, -0.05) is 131 Å². The van der Waals surface area contributed by atoms with Crippen LogP contribution in [0, 0.1) is 5.82 Å². The van der Waals surface area contributed by atoms with Gasteiger partial charge in [0.05, 0.1) is 46.4 Å². The SMILES string of the molecule is C.CO/N=C(/C(C)=O)c1ccccc1/C=N/OC(C)c1cccc(C(F)(F)F)c1.CO/N=C(/C1=NOCCO1)c1ccccc1Oc1ncnc(Oc2ccccc2Cl)c1F.COc1nn(C)c(=O)n1-c1ccccc1CO/N=C(\C)c1cccc(C(F)(F)F)c1. The van der Waals surface area contributed by atoms with Crippen LogP contribution in [0.15, 0.2) is 182 Å². The minimum absolute atomic E-state index is 0. The van der Waals surface area contributed by atoms with E-state index >= 15 is 4.39 Å². The fraction of sp³-hybridized carbons (Fsp3) is 0.226. The summed E-state index contributed by atoms with van der Waals surface area (Å²) >= 11 is 6.07. The van der Waals surface area contributed by atoms with Gasteiger partial charge in [-0.15, -0.1) is 5.10 Å². The zero-order valence-corrected chi connectivity index (χ0v) is 49.5. The van der Waals surface area contributed by atoms with Gasteiger partial charge in [0.25, 0.3) is 17.7 Å². The van der Waals surface area contributed by atoms with Gasteiger partial charge in [0, 0.05) is 30.7 Å². The van der Waals surface area contributed by atoms with E-state index in [1.165, 1.54) is 70.3 Å². The topological polar surface area (TPSA) is 228 Å². The van der Waals surface area contributed by atoms with Crippen LogP contribution in [-0.2, 0) is 59.7 Å². The molecule has 2 aromatic heterocycles. The van der Waals surface area contributed by atoms with E-state index in [0.717, 1.165) is 35.3 Å². The van der Waals surface area contributed by atoms with Crippen LogP contribution in [0.3, 0.4) is 0 Å². The Balaban J connectivity index is 0.000000216. The maximum Gasteiger partial charge on any atom is 0.416 e. The van der Waals surface area contributed by atoms with Gasteiger partial charge in [0.1, 0.15) is 51.4 Å². The minimum atomic E-state index is -4.44. The molecule has 0 fully saturated rings. The Hall–Kier alpha value is -10.6. The summed E-state index contributed by atoms with van der Waals surface area (Å²) in [6.45, 7) is 5.08. The second kappa shape index (κ2) is 32.5. The number of aromatic nitrogens is 5. The number of carbonyl (C=O) groups excluding carboxylic acids is 1. The lowest BCUT2D eigenvalue weighted by Gasteiger charge is -2.17. The molecule has 0 aliphatic carbocycles. The quantitative estimate of drug-likeness (QED) is 0.0393. The number of nitrogens with zero attached hydrogens (tertiary/aromatic N) is 10. The number of hydrogen-bond donors (Lipinski definition) is 0. The van der Waals surface area contributed by atoms with Crippen molar-refractivity contribution in [1.29, 1.82) is 0 Å². The molecule has 0 bridgehead atoms. The zero-order valence-electron chi connectivity index (χ0n) is 48.7. The predicted molar refractivity (Wildman–Crippen MR) is 323 cm³/mol. The number of para-hydroxylation sites is 3. The first-order chi connectivity index (χ1) is 43.1. The number of rotatable bonds is 20. The van der Waals surface area contributed by atoms with Crippen LogP contribution >= 0.6 is 11.6 Å². The molecule has 0 radical (unpaired) electrons.